The van der Waals surface area contributed by atoms with E-state index in [2.05, 4.69) is 36.5 Å². The summed E-state index contributed by atoms with van der Waals surface area (Å²) in [4.78, 5) is 8.48. The molecule has 18 heavy (non-hydrogen) atoms. The van der Waals surface area contributed by atoms with E-state index >= 15 is 0 Å². The van der Waals surface area contributed by atoms with E-state index < -0.39 is 0 Å². The van der Waals surface area contributed by atoms with E-state index in [0.717, 1.165) is 21.5 Å². The van der Waals surface area contributed by atoms with Crippen LogP contribution >= 0.6 is 27.5 Å². The average molecular weight is 328 g/mol. The van der Waals surface area contributed by atoms with E-state index in [9.17, 15) is 0 Å². The highest BCUT2D eigenvalue weighted by Crippen LogP contribution is 2.29. The number of hydrogen-bond acceptors (Lipinski definition) is 4. The predicted molar refractivity (Wildman–Crippen MR) is 78.8 cm³/mol. The number of aromatic nitrogens is 2. The zero-order valence-electron chi connectivity index (χ0n) is 9.96. The molecule has 0 saturated heterocycles. The number of hydrogen-bond donors (Lipinski definition) is 2. The molecule has 2 N–H and O–H groups in total. The molecular formula is C12H12BrClN4. The summed E-state index contributed by atoms with van der Waals surface area (Å²) in [6.07, 6.45) is 1.76. The molecule has 0 aliphatic carbocycles. The second kappa shape index (κ2) is 5.54. The van der Waals surface area contributed by atoms with Crippen LogP contribution in [0.1, 0.15) is 5.56 Å². The first kappa shape index (κ1) is 13.1. The lowest BCUT2D eigenvalue weighted by Crippen LogP contribution is -2.02. The van der Waals surface area contributed by atoms with Gasteiger partial charge in [-0.25, -0.2) is 4.98 Å². The first-order valence-electron chi connectivity index (χ1n) is 5.33. The molecule has 94 valence electrons. The molecule has 0 fully saturated rings. The number of nitrogens with zero attached hydrogens (tertiary/aromatic N) is 2. The standard InChI is InChI=1S/C12H12BrClN4/c1-7-6-16-12(15-2)18-11(7)17-10-5-8(13)3-4-9(10)14/h3-6H,1-2H3,(H2,15,16,17,18). The Morgan fingerprint density at radius 2 is 2.11 bits per heavy atom. The van der Waals surface area contributed by atoms with Crippen molar-refractivity contribution in [1.82, 2.24) is 9.97 Å². The molecule has 0 bridgehead atoms. The van der Waals surface area contributed by atoms with Crippen LogP contribution in [0.4, 0.5) is 17.5 Å². The van der Waals surface area contributed by atoms with Crippen LogP contribution in [0.25, 0.3) is 0 Å². The van der Waals surface area contributed by atoms with Crippen LogP contribution in [0.3, 0.4) is 0 Å². The molecule has 0 aliphatic rings. The van der Waals surface area contributed by atoms with Crippen molar-refractivity contribution >= 4 is 45.0 Å². The van der Waals surface area contributed by atoms with Crippen LogP contribution in [0, 0.1) is 6.92 Å². The van der Waals surface area contributed by atoms with Crippen LogP contribution in [-0.4, -0.2) is 17.0 Å². The predicted octanol–water partition coefficient (Wildman–Crippen LogP) is 3.99. The highest BCUT2D eigenvalue weighted by molar-refractivity contribution is 9.10. The Labute approximate surface area is 119 Å². The monoisotopic (exact) mass is 326 g/mol. The topological polar surface area (TPSA) is 49.8 Å². The molecule has 0 radical (unpaired) electrons. The summed E-state index contributed by atoms with van der Waals surface area (Å²) in [6, 6.07) is 5.62. The van der Waals surface area contributed by atoms with Crippen LogP contribution in [-0.2, 0) is 0 Å². The molecule has 2 aromatic rings. The van der Waals surface area contributed by atoms with Gasteiger partial charge in [0.25, 0.3) is 0 Å². The summed E-state index contributed by atoms with van der Waals surface area (Å²) < 4.78 is 0.954. The van der Waals surface area contributed by atoms with Gasteiger partial charge in [-0.3, -0.25) is 0 Å². The van der Waals surface area contributed by atoms with Crippen molar-refractivity contribution in [1.29, 1.82) is 0 Å². The van der Waals surface area contributed by atoms with E-state index in [4.69, 9.17) is 11.6 Å². The third-order valence-corrected chi connectivity index (χ3v) is 3.20. The van der Waals surface area contributed by atoms with Gasteiger partial charge in [0, 0.05) is 23.3 Å². The fourth-order valence-corrected chi connectivity index (χ4v) is 1.94. The van der Waals surface area contributed by atoms with E-state index in [1.165, 1.54) is 0 Å². The summed E-state index contributed by atoms with van der Waals surface area (Å²) in [5.74, 6) is 1.29. The van der Waals surface area contributed by atoms with Gasteiger partial charge in [-0.05, 0) is 25.1 Å². The van der Waals surface area contributed by atoms with Gasteiger partial charge in [0.1, 0.15) is 5.82 Å². The molecule has 0 atom stereocenters. The minimum absolute atomic E-state index is 0.564. The van der Waals surface area contributed by atoms with Gasteiger partial charge < -0.3 is 10.6 Å². The average Bonchev–Trinajstić information content (AvgIpc) is 2.36. The number of halogens is 2. The Bertz CT molecular complexity index is 574. The zero-order chi connectivity index (χ0) is 13.1. The maximum Gasteiger partial charge on any atom is 0.224 e. The maximum atomic E-state index is 6.13. The van der Waals surface area contributed by atoms with Gasteiger partial charge in [-0.1, -0.05) is 27.5 Å². The lowest BCUT2D eigenvalue weighted by molar-refractivity contribution is 1.12. The third kappa shape index (κ3) is 2.91. The van der Waals surface area contributed by atoms with Crippen molar-refractivity contribution in [3.05, 3.63) is 39.5 Å². The van der Waals surface area contributed by atoms with Crippen molar-refractivity contribution < 1.29 is 0 Å². The molecule has 0 unspecified atom stereocenters. The number of rotatable bonds is 3. The lowest BCUT2D eigenvalue weighted by atomic mass is 10.3. The van der Waals surface area contributed by atoms with Crippen molar-refractivity contribution in [3.63, 3.8) is 0 Å². The van der Waals surface area contributed by atoms with Gasteiger partial charge in [-0.15, -0.1) is 0 Å². The number of anilines is 3. The van der Waals surface area contributed by atoms with Crippen LogP contribution in [0.2, 0.25) is 5.02 Å². The Balaban J connectivity index is 2.36. The summed E-state index contributed by atoms with van der Waals surface area (Å²) >= 11 is 9.54. The van der Waals surface area contributed by atoms with Crippen LogP contribution in [0.5, 0.6) is 0 Å². The summed E-state index contributed by atoms with van der Waals surface area (Å²) in [7, 11) is 1.78. The molecular weight excluding hydrogens is 316 g/mol. The minimum atomic E-state index is 0.564. The van der Waals surface area contributed by atoms with E-state index in [0.29, 0.717) is 11.0 Å². The van der Waals surface area contributed by atoms with Gasteiger partial charge in [0.05, 0.1) is 10.7 Å². The number of aryl methyl sites for hydroxylation is 1. The zero-order valence-corrected chi connectivity index (χ0v) is 12.3. The Hall–Kier alpha value is -1.33. The van der Waals surface area contributed by atoms with E-state index in [-0.39, 0.29) is 0 Å². The number of nitrogens with one attached hydrogen (secondary N) is 2. The largest absolute Gasteiger partial charge is 0.357 e. The molecule has 0 saturated carbocycles. The van der Waals surface area contributed by atoms with Crippen molar-refractivity contribution in [2.45, 2.75) is 6.92 Å². The molecule has 1 aromatic heterocycles. The molecule has 4 nitrogen and oxygen atoms in total. The molecule has 1 heterocycles. The van der Waals surface area contributed by atoms with E-state index in [1.807, 2.05) is 25.1 Å². The molecule has 0 amide bonds. The first-order valence-corrected chi connectivity index (χ1v) is 6.50. The molecule has 0 spiro atoms. The summed E-state index contributed by atoms with van der Waals surface area (Å²) in [5.41, 5.74) is 1.75. The highest BCUT2D eigenvalue weighted by Gasteiger charge is 2.06. The first-order chi connectivity index (χ1) is 8.60. The lowest BCUT2D eigenvalue weighted by Gasteiger charge is -2.11. The SMILES string of the molecule is CNc1ncc(C)c(Nc2cc(Br)ccc2Cl)n1. The van der Waals surface area contributed by atoms with Gasteiger partial charge in [-0.2, -0.15) is 4.98 Å². The van der Waals surface area contributed by atoms with Crippen molar-refractivity contribution in [2.75, 3.05) is 17.7 Å². The Kier molecular flexibility index (Phi) is 4.04. The fourth-order valence-electron chi connectivity index (χ4n) is 1.41. The van der Waals surface area contributed by atoms with E-state index in [1.54, 1.807) is 13.2 Å². The molecule has 6 heteroatoms. The molecule has 0 aliphatic heterocycles. The smallest absolute Gasteiger partial charge is 0.224 e. The van der Waals surface area contributed by atoms with Crippen molar-refractivity contribution in [2.24, 2.45) is 0 Å². The van der Waals surface area contributed by atoms with Gasteiger partial charge in [0.15, 0.2) is 0 Å². The minimum Gasteiger partial charge on any atom is -0.357 e. The second-order valence-corrected chi connectivity index (χ2v) is 5.05. The summed E-state index contributed by atoms with van der Waals surface area (Å²) in [5, 5.41) is 6.75. The van der Waals surface area contributed by atoms with Crippen LogP contribution < -0.4 is 10.6 Å². The second-order valence-electron chi connectivity index (χ2n) is 3.72. The molecule has 2 rings (SSSR count). The maximum absolute atomic E-state index is 6.13. The van der Waals surface area contributed by atoms with Gasteiger partial charge >= 0.3 is 0 Å². The van der Waals surface area contributed by atoms with Crippen molar-refractivity contribution in [3.8, 4) is 0 Å². The quantitative estimate of drug-likeness (QED) is 0.895. The Morgan fingerprint density at radius 1 is 1.33 bits per heavy atom. The summed E-state index contributed by atoms with van der Waals surface area (Å²) in [6.45, 7) is 1.94. The van der Waals surface area contributed by atoms with Crippen LogP contribution in [0.15, 0.2) is 28.9 Å². The number of benzene rings is 1. The van der Waals surface area contributed by atoms with Gasteiger partial charge in [0.2, 0.25) is 5.95 Å². The molecule has 1 aromatic carbocycles. The Morgan fingerprint density at radius 3 is 2.83 bits per heavy atom. The normalized spacial score (nSPS) is 10.2. The fraction of sp³-hybridized carbons (Fsp3) is 0.167. The highest BCUT2D eigenvalue weighted by atomic mass is 79.9. The third-order valence-electron chi connectivity index (χ3n) is 2.38.